The zero-order valence-electron chi connectivity index (χ0n) is 13.2. The smallest absolute Gasteiger partial charge is 0.352 e. The summed E-state index contributed by atoms with van der Waals surface area (Å²) in [5.41, 5.74) is 5.09. The van der Waals surface area contributed by atoms with Crippen LogP contribution in [0.2, 0.25) is 0 Å². The van der Waals surface area contributed by atoms with Crippen molar-refractivity contribution < 1.29 is 27.9 Å². The number of amides is 1. The topological polar surface area (TPSA) is 148 Å². The van der Waals surface area contributed by atoms with Gasteiger partial charge in [-0.05, 0) is 24.3 Å². The molecule has 0 aliphatic carbocycles. The molecule has 0 atom stereocenters. The van der Waals surface area contributed by atoms with Crippen LogP contribution in [0.1, 0.15) is 10.4 Å². The Morgan fingerprint density at radius 1 is 1.27 bits per heavy atom. The number of aromatic nitrogens is 1. The van der Waals surface area contributed by atoms with Crippen molar-refractivity contribution in [2.75, 3.05) is 11.1 Å². The van der Waals surface area contributed by atoms with E-state index in [4.69, 9.17) is 5.73 Å². The molecule has 0 saturated heterocycles. The highest BCUT2D eigenvalue weighted by atomic mass is 32.2. The first-order chi connectivity index (χ1) is 12.3. The second-order valence-corrected chi connectivity index (χ2v) is 5.97. The number of anilines is 1. The van der Waals surface area contributed by atoms with Gasteiger partial charge >= 0.3 is 5.97 Å². The molecule has 2 rings (SSSR count). The van der Waals surface area contributed by atoms with Gasteiger partial charge in [0.2, 0.25) is 5.91 Å². The van der Waals surface area contributed by atoms with E-state index in [1.54, 1.807) is 30.5 Å². The maximum atomic E-state index is 11.7. The number of hydrogen-bond acceptors (Lipinski definition) is 6. The van der Waals surface area contributed by atoms with E-state index in [-0.39, 0.29) is 17.0 Å². The summed E-state index contributed by atoms with van der Waals surface area (Å²) in [4.78, 5) is 33.9. The Labute approximate surface area is 149 Å². The number of aliphatic carboxylic acids is 1. The number of nitrogens with zero attached hydrogens (tertiary/aromatic N) is 1. The van der Waals surface area contributed by atoms with Crippen LogP contribution in [-0.2, 0) is 20.3 Å². The van der Waals surface area contributed by atoms with Gasteiger partial charge in [-0.2, -0.15) is 8.42 Å². The summed E-state index contributed by atoms with van der Waals surface area (Å²) in [6, 6.07) is 6.67. The molecule has 0 aromatic carbocycles. The van der Waals surface area contributed by atoms with Crippen molar-refractivity contribution in [2.24, 2.45) is 5.73 Å². The molecule has 0 aliphatic heterocycles. The minimum atomic E-state index is -2.62. The predicted molar refractivity (Wildman–Crippen MR) is 93.2 cm³/mol. The van der Waals surface area contributed by atoms with E-state index in [1.807, 2.05) is 0 Å². The maximum Gasteiger partial charge on any atom is 0.352 e. The van der Waals surface area contributed by atoms with Gasteiger partial charge in [-0.15, -0.1) is 0 Å². The van der Waals surface area contributed by atoms with E-state index >= 15 is 0 Å². The minimum Gasteiger partial charge on any atom is -0.477 e. The number of aldehydes is 1. The highest BCUT2D eigenvalue weighted by molar-refractivity contribution is 7.72. The van der Waals surface area contributed by atoms with Crippen molar-refractivity contribution in [1.82, 2.24) is 4.40 Å². The number of hydrogen-bond donors (Lipinski definition) is 3. The molecule has 26 heavy (non-hydrogen) atoms. The van der Waals surface area contributed by atoms with Crippen LogP contribution in [0.25, 0.3) is 5.52 Å². The number of carboxylic acids is 1. The first-order valence-corrected chi connectivity index (χ1v) is 8.40. The molecule has 9 nitrogen and oxygen atoms in total. The molecule has 10 heteroatoms. The zero-order chi connectivity index (χ0) is 19.3. The molecular weight excluding hydrogens is 362 g/mol. The van der Waals surface area contributed by atoms with Gasteiger partial charge in [0.1, 0.15) is 17.3 Å². The second-order valence-electron chi connectivity index (χ2n) is 5.08. The lowest BCUT2D eigenvalue weighted by Gasteiger charge is -2.11. The minimum absolute atomic E-state index is 0.148. The fourth-order valence-corrected chi connectivity index (χ4v) is 2.76. The molecule has 135 valence electrons. The Morgan fingerprint density at radius 3 is 2.58 bits per heavy atom. The molecule has 0 fully saturated rings. The molecule has 0 spiro atoms. The van der Waals surface area contributed by atoms with E-state index in [9.17, 15) is 27.9 Å². The van der Waals surface area contributed by atoms with E-state index in [0.717, 1.165) is 12.2 Å². The highest BCUT2D eigenvalue weighted by Crippen LogP contribution is 2.23. The first kappa shape index (κ1) is 18.8. The van der Waals surface area contributed by atoms with E-state index in [0.29, 0.717) is 11.8 Å². The molecule has 4 N–H and O–H groups in total. The van der Waals surface area contributed by atoms with Crippen molar-refractivity contribution in [1.29, 1.82) is 0 Å². The van der Waals surface area contributed by atoms with Gasteiger partial charge in [-0.25, -0.2) is 4.79 Å². The Bertz CT molecular complexity index is 1010. The molecule has 0 saturated carbocycles. The monoisotopic (exact) mass is 376 g/mol. The molecule has 1 radical (unpaired) electrons. The van der Waals surface area contributed by atoms with E-state index in [1.165, 1.54) is 4.40 Å². The highest BCUT2D eigenvalue weighted by Gasteiger charge is 2.18. The van der Waals surface area contributed by atoms with Gasteiger partial charge in [0.05, 0.1) is 5.56 Å². The van der Waals surface area contributed by atoms with E-state index < -0.39 is 34.0 Å². The van der Waals surface area contributed by atoms with Gasteiger partial charge in [0.25, 0.3) is 0 Å². The zero-order valence-corrected chi connectivity index (χ0v) is 14.1. The van der Waals surface area contributed by atoms with Crippen LogP contribution in [0.3, 0.4) is 0 Å². The van der Waals surface area contributed by atoms with Crippen LogP contribution in [0.15, 0.2) is 53.9 Å². The van der Waals surface area contributed by atoms with Crippen LogP contribution in [0.4, 0.5) is 5.82 Å². The third kappa shape index (κ3) is 4.30. The Balaban J connectivity index is 2.64. The average molecular weight is 376 g/mol. The number of allylic oxidation sites excluding steroid dienone is 1. The number of rotatable bonds is 8. The second kappa shape index (κ2) is 8.03. The summed E-state index contributed by atoms with van der Waals surface area (Å²) >= 11 is 0. The van der Waals surface area contributed by atoms with Crippen molar-refractivity contribution in [3.05, 3.63) is 59.4 Å². The number of carbonyl (C=O) groups excluding carboxylic acids is 2. The lowest BCUT2D eigenvalue weighted by atomic mass is 10.2. The number of primary amides is 1. The van der Waals surface area contributed by atoms with Crippen molar-refractivity contribution in [3.8, 4) is 0 Å². The molecule has 0 aliphatic rings. The summed E-state index contributed by atoms with van der Waals surface area (Å²) in [6.45, 7) is 0. The Hall–Kier alpha value is -3.53. The quantitative estimate of drug-likeness (QED) is 0.343. The molecule has 2 heterocycles. The summed E-state index contributed by atoms with van der Waals surface area (Å²) in [5, 5.41) is 12.1. The fourth-order valence-electron chi connectivity index (χ4n) is 2.27. The number of nitrogens with two attached hydrogens (primary N) is 1. The van der Waals surface area contributed by atoms with Gasteiger partial charge < -0.3 is 20.6 Å². The fraction of sp³-hybridized carbons (Fsp3) is 0.0625. The Morgan fingerprint density at radius 2 is 2.00 bits per heavy atom. The molecular formula is C16H14N3O6S. The van der Waals surface area contributed by atoms with Crippen LogP contribution in [-0.4, -0.2) is 41.8 Å². The van der Waals surface area contributed by atoms with Crippen LogP contribution in [0.5, 0.6) is 0 Å². The molecule has 1 amide bonds. The summed E-state index contributed by atoms with van der Waals surface area (Å²) in [5.74, 6) is -2.86. The standard InChI is InChI=1S/C16H14N3O6S/c17-13(21)5-4-10(9-26(24)25)14(16(22)23)18-15-11(8-20)7-12-3-1-2-6-19(12)15/h1-8,18H,9H2,(H2,17,21)(H,22,23)/b5-4+,14-10-. The van der Waals surface area contributed by atoms with Crippen molar-refractivity contribution >= 4 is 40.2 Å². The van der Waals surface area contributed by atoms with Gasteiger partial charge in [-0.1, -0.05) is 6.07 Å². The van der Waals surface area contributed by atoms with Crippen molar-refractivity contribution in [3.63, 3.8) is 0 Å². The van der Waals surface area contributed by atoms with Gasteiger partial charge in [-0.3, -0.25) is 9.59 Å². The first-order valence-electron chi connectivity index (χ1n) is 7.15. The van der Waals surface area contributed by atoms with Crippen LogP contribution >= 0.6 is 0 Å². The largest absolute Gasteiger partial charge is 0.477 e. The third-order valence-electron chi connectivity index (χ3n) is 3.34. The Kier molecular flexibility index (Phi) is 5.81. The van der Waals surface area contributed by atoms with Crippen molar-refractivity contribution in [2.45, 2.75) is 0 Å². The summed E-state index contributed by atoms with van der Waals surface area (Å²) in [7, 11) is -2.62. The molecule has 2 aromatic rings. The average Bonchev–Trinajstić information content (AvgIpc) is 2.93. The summed E-state index contributed by atoms with van der Waals surface area (Å²) in [6.07, 6.45) is 4.00. The number of pyridine rings is 1. The molecule has 0 unspecified atom stereocenters. The predicted octanol–water partition coefficient (Wildman–Crippen LogP) is 0.423. The third-order valence-corrected chi connectivity index (χ3v) is 3.88. The normalized spacial score (nSPS) is 12.0. The van der Waals surface area contributed by atoms with E-state index in [2.05, 4.69) is 5.32 Å². The lowest BCUT2D eigenvalue weighted by Crippen LogP contribution is -2.17. The molecule has 2 aromatic heterocycles. The maximum absolute atomic E-state index is 11.7. The summed E-state index contributed by atoms with van der Waals surface area (Å²) < 4.78 is 23.6. The van der Waals surface area contributed by atoms with Gasteiger partial charge in [0, 0.05) is 23.4 Å². The van der Waals surface area contributed by atoms with Crippen LogP contribution < -0.4 is 11.1 Å². The SMILES string of the molecule is NC(=O)/C=C/C(C[S](=O)=O)=C(/Nc1c(C=O)cc2ccccn12)C(=O)O. The number of nitrogens with one attached hydrogen (secondary N) is 1. The number of carboxylic acid groups (broad SMARTS) is 1. The van der Waals surface area contributed by atoms with Gasteiger partial charge in [0.15, 0.2) is 17.0 Å². The number of carbonyl (C=O) groups is 3. The molecule has 0 bridgehead atoms. The van der Waals surface area contributed by atoms with Crippen LogP contribution in [0, 0.1) is 0 Å². The lowest BCUT2D eigenvalue weighted by molar-refractivity contribution is -0.132. The number of fused-ring (bicyclic) bond motifs is 1.